The van der Waals surface area contributed by atoms with Gasteiger partial charge in [-0.3, -0.25) is 4.79 Å². The molecule has 3 rings (SSSR count). The number of allylic oxidation sites excluding steroid dienone is 1. The maximum atomic E-state index is 12.9. The van der Waals surface area contributed by atoms with Gasteiger partial charge >= 0.3 is 0 Å². The lowest BCUT2D eigenvalue weighted by Gasteiger charge is -2.31. The van der Waals surface area contributed by atoms with Crippen LogP contribution in [0.15, 0.2) is 29.8 Å². The van der Waals surface area contributed by atoms with Crippen molar-refractivity contribution in [2.75, 3.05) is 12.8 Å². The standard InChI is InChI=1S/C19H25N3O3S2/c1-5-9-21-16-12-13(2)11-14(3)17(16)26-19(21)20-18(23)15-8-6-7-10-22(15)27(4,24)25/h5,11-12,15H,1,6-10H2,2-4H3. The zero-order valence-corrected chi connectivity index (χ0v) is 17.6. The summed E-state index contributed by atoms with van der Waals surface area (Å²) in [6.45, 7) is 8.81. The number of aromatic nitrogens is 1. The number of benzene rings is 1. The first-order valence-corrected chi connectivity index (χ1v) is 11.7. The van der Waals surface area contributed by atoms with Gasteiger partial charge in [-0.1, -0.05) is 29.9 Å². The third-order valence-corrected chi connectivity index (χ3v) is 7.32. The van der Waals surface area contributed by atoms with Crippen molar-refractivity contribution in [3.63, 3.8) is 0 Å². The summed E-state index contributed by atoms with van der Waals surface area (Å²) in [5.41, 5.74) is 3.30. The van der Waals surface area contributed by atoms with Gasteiger partial charge in [-0.2, -0.15) is 9.30 Å². The Labute approximate surface area is 163 Å². The highest BCUT2D eigenvalue weighted by Gasteiger charge is 2.34. The van der Waals surface area contributed by atoms with E-state index in [1.807, 2.05) is 18.4 Å². The zero-order chi connectivity index (χ0) is 19.8. The van der Waals surface area contributed by atoms with Crippen LogP contribution in [-0.4, -0.2) is 42.0 Å². The number of sulfonamides is 1. The number of carbonyl (C=O) groups excluding carboxylic acids is 1. The molecule has 0 aliphatic carbocycles. The van der Waals surface area contributed by atoms with Crippen LogP contribution in [0.3, 0.4) is 0 Å². The number of aryl methyl sites for hydroxylation is 2. The normalized spacial score (nSPS) is 19.5. The van der Waals surface area contributed by atoms with Crippen LogP contribution in [0.1, 0.15) is 30.4 Å². The Balaban J connectivity index is 2.11. The monoisotopic (exact) mass is 407 g/mol. The third-order valence-electron chi connectivity index (χ3n) is 4.80. The molecule has 1 amide bonds. The van der Waals surface area contributed by atoms with Gasteiger partial charge in [0.05, 0.1) is 16.5 Å². The van der Waals surface area contributed by atoms with Crippen LogP contribution >= 0.6 is 11.3 Å². The fraction of sp³-hybridized carbons (Fsp3) is 0.474. The smallest absolute Gasteiger partial charge is 0.266 e. The topological polar surface area (TPSA) is 71.7 Å². The molecule has 6 nitrogen and oxygen atoms in total. The Morgan fingerprint density at radius 2 is 2.11 bits per heavy atom. The first-order valence-electron chi connectivity index (χ1n) is 8.99. The molecule has 27 heavy (non-hydrogen) atoms. The van der Waals surface area contributed by atoms with Crippen LogP contribution in [0.5, 0.6) is 0 Å². The molecule has 1 unspecified atom stereocenters. The fourth-order valence-corrected chi connectivity index (χ4v) is 5.83. The quantitative estimate of drug-likeness (QED) is 0.732. The highest BCUT2D eigenvalue weighted by Crippen LogP contribution is 2.24. The molecule has 2 heterocycles. The van der Waals surface area contributed by atoms with E-state index in [0.29, 0.717) is 24.3 Å². The Hall–Kier alpha value is -1.77. The summed E-state index contributed by atoms with van der Waals surface area (Å²) >= 11 is 1.46. The van der Waals surface area contributed by atoms with Gasteiger partial charge in [0.1, 0.15) is 6.04 Å². The molecule has 1 saturated heterocycles. The van der Waals surface area contributed by atoms with E-state index < -0.39 is 16.1 Å². The van der Waals surface area contributed by atoms with Crippen molar-refractivity contribution < 1.29 is 13.2 Å². The number of carbonyl (C=O) groups is 1. The highest BCUT2D eigenvalue weighted by molar-refractivity contribution is 7.88. The molecule has 146 valence electrons. The minimum Gasteiger partial charge on any atom is -0.312 e. The minimum absolute atomic E-state index is 0.377. The molecule has 2 aromatic rings. The van der Waals surface area contributed by atoms with E-state index in [1.165, 1.54) is 15.6 Å². The summed E-state index contributed by atoms with van der Waals surface area (Å²) in [7, 11) is -3.44. The van der Waals surface area contributed by atoms with Gasteiger partial charge in [-0.05, 0) is 43.9 Å². The first kappa shape index (κ1) is 20.0. The van der Waals surface area contributed by atoms with Gasteiger partial charge < -0.3 is 4.57 Å². The zero-order valence-electron chi connectivity index (χ0n) is 15.9. The second-order valence-electron chi connectivity index (χ2n) is 7.05. The molecule has 0 N–H and O–H groups in total. The maximum Gasteiger partial charge on any atom is 0.266 e. The Bertz CT molecular complexity index is 1060. The molecule has 1 aliphatic rings. The van der Waals surface area contributed by atoms with Crippen molar-refractivity contribution in [2.24, 2.45) is 4.99 Å². The molecule has 1 atom stereocenters. The fourth-order valence-electron chi connectivity index (χ4n) is 3.62. The van der Waals surface area contributed by atoms with E-state index in [4.69, 9.17) is 0 Å². The molecule has 1 aromatic heterocycles. The van der Waals surface area contributed by atoms with Crippen molar-refractivity contribution in [1.29, 1.82) is 0 Å². The van der Waals surface area contributed by atoms with Gasteiger partial charge in [-0.25, -0.2) is 8.42 Å². The highest BCUT2D eigenvalue weighted by atomic mass is 32.2. The molecular formula is C19H25N3O3S2. The molecule has 0 saturated carbocycles. The molecule has 0 radical (unpaired) electrons. The van der Waals surface area contributed by atoms with Crippen LogP contribution in [0.2, 0.25) is 0 Å². The summed E-state index contributed by atoms with van der Waals surface area (Å²) in [5, 5.41) is 0. The van der Waals surface area contributed by atoms with Gasteiger partial charge in [0.15, 0.2) is 4.80 Å². The van der Waals surface area contributed by atoms with Crippen LogP contribution < -0.4 is 4.80 Å². The van der Waals surface area contributed by atoms with Crippen molar-refractivity contribution >= 4 is 37.5 Å². The lowest BCUT2D eigenvalue weighted by molar-refractivity contribution is -0.122. The van der Waals surface area contributed by atoms with E-state index in [0.717, 1.165) is 40.4 Å². The molecule has 0 bridgehead atoms. The Morgan fingerprint density at radius 1 is 1.37 bits per heavy atom. The van der Waals surface area contributed by atoms with E-state index in [9.17, 15) is 13.2 Å². The minimum atomic E-state index is -3.44. The third kappa shape index (κ3) is 4.07. The predicted molar refractivity (Wildman–Crippen MR) is 109 cm³/mol. The van der Waals surface area contributed by atoms with Crippen LogP contribution in [0, 0.1) is 13.8 Å². The summed E-state index contributed by atoms with van der Waals surface area (Å²) in [5.74, 6) is -0.390. The lowest BCUT2D eigenvalue weighted by Crippen LogP contribution is -2.47. The van der Waals surface area contributed by atoms with E-state index in [-0.39, 0.29) is 5.91 Å². The summed E-state index contributed by atoms with van der Waals surface area (Å²) in [4.78, 5) is 17.9. The average Bonchev–Trinajstić information content (AvgIpc) is 2.92. The summed E-state index contributed by atoms with van der Waals surface area (Å²) < 4.78 is 28.5. The van der Waals surface area contributed by atoms with Crippen molar-refractivity contribution in [1.82, 2.24) is 8.87 Å². The molecule has 1 aliphatic heterocycles. The van der Waals surface area contributed by atoms with E-state index in [2.05, 4.69) is 23.7 Å². The van der Waals surface area contributed by atoms with Crippen molar-refractivity contribution in [3.8, 4) is 0 Å². The number of fused-ring (bicyclic) bond motifs is 1. The number of thiazole rings is 1. The van der Waals surface area contributed by atoms with Gasteiger partial charge in [0, 0.05) is 13.1 Å². The van der Waals surface area contributed by atoms with Gasteiger partial charge in [0.2, 0.25) is 10.0 Å². The second-order valence-corrected chi connectivity index (χ2v) is 9.96. The second kappa shape index (κ2) is 7.69. The van der Waals surface area contributed by atoms with Gasteiger partial charge in [0.25, 0.3) is 5.91 Å². The largest absolute Gasteiger partial charge is 0.312 e. The Morgan fingerprint density at radius 3 is 2.78 bits per heavy atom. The number of hydrogen-bond donors (Lipinski definition) is 0. The number of rotatable bonds is 4. The van der Waals surface area contributed by atoms with Crippen LogP contribution in [0.4, 0.5) is 0 Å². The van der Waals surface area contributed by atoms with E-state index in [1.54, 1.807) is 6.08 Å². The number of nitrogens with zero attached hydrogens (tertiary/aromatic N) is 3. The lowest BCUT2D eigenvalue weighted by atomic mass is 10.0. The first-order chi connectivity index (χ1) is 12.7. The average molecular weight is 408 g/mol. The summed E-state index contributed by atoms with van der Waals surface area (Å²) in [6, 6.07) is 3.48. The van der Waals surface area contributed by atoms with Crippen molar-refractivity contribution in [3.05, 3.63) is 40.7 Å². The van der Waals surface area contributed by atoms with Crippen LogP contribution in [-0.2, 0) is 21.4 Å². The SMILES string of the molecule is C=CCn1c(=NC(=O)C2CCCCN2S(C)(=O)=O)sc2c(C)cc(C)cc21. The van der Waals surface area contributed by atoms with Crippen molar-refractivity contribution in [2.45, 2.75) is 45.7 Å². The summed E-state index contributed by atoms with van der Waals surface area (Å²) in [6.07, 6.45) is 5.04. The molecular weight excluding hydrogens is 382 g/mol. The number of piperidine rings is 1. The molecule has 1 aromatic carbocycles. The van der Waals surface area contributed by atoms with E-state index >= 15 is 0 Å². The molecule has 1 fully saturated rings. The van der Waals surface area contributed by atoms with Gasteiger partial charge in [-0.15, -0.1) is 6.58 Å². The predicted octanol–water partition coefficient (Wildman–Crippen LogP) is 2.75. The maximum absolute atomic E-state index is 12.9. The van der Waals surface area contributed by atoms with Crippen LogP contribution in [0.25, 0.3) is 10.2 Å². The molecule has 0 spiro atoms. The number of hydrogen-bond acceptors (Lipinski definition) is 4. The Kier molecular flexibility index (Phi) is 5.69. The number of amides is 1. The molecule has 8 heteroatoms.